The maximum Gasteiger partial charge on any atom is 0.135 e. The minimum absolute atomic E-state index is 0. The Kier molecular flexibility index (Phi) is 11.8. The fourth-order valence-corrected chi connectivity index (χ4v) is 2.48. The number of aryl methyl sites for hydroxylation is 1. The summed E-state index contributed by atoms with van der Waals surface area (Å²) in [6.07, 6.45) is 10.5. The summed E-state index contributed by atoms with van der Waals surface area (Å²) in [5, 5.41) is 3.14. The van der Waals surface area contributed by atoms with Gasteiger partial charge in [0.15, 0.2) is 0 Å². The molecule has 0 saturated heterocycles. The number of para-hydroxylation sites is 1. The van der Waals surface area contributed by atoms with Crippen molar-refractivity contribution in [2.24, 2.45) is 0 Å². The fraction of sp³-hybridized carbons (Fsp3) is 0.562. The molecule has 0 radical (unpaired) electrons. The van der Waals surface area contributed by atoms with Gasteiger partial charge in [0.1, 0.15) is 4.32 Å². The van der Waals surface area contributed by atoms with E-state index in [1.807, 2.05) is 6.07 Å². The van der Waals surface area contributed by atoms with Crippen LogP contribution in [0.1, 0.15) is 57.4 Å². The third kappa shape index (κ3) is 8.56. The molecule has 0 aliphatic heterocycles. The van der Waals surface area contributed by atoms with E-state index in [2.05, 4.69) is 43.1 Å². The molecule has 4 heteroatoms. The van der Waals surface area contributed by atoms with E-state index in [0.717, 1.165) is 12.1 Å². The maximum atomic E-state index is 4.98. The van der Waals surface area contributed by atoms with E-state index in [1.54, 1.807) is 0 Å². The molecule has 0 atom stereocenters. The first-order valence-corrected chi connectivity index (χ1v) is 8.17. The largest absolute Gasteiger partial charge is 0.412 e. The Balaban J connectivity index is 0.00000361. The van der Waals surface area contributed by atoms with Crippen LogP contribution < -0.4 is 5.32 Å². The van der Waals surface area contributed by atoms with E-state index < -0.39 is 0 Å². The van der Waals surface area contributed by atoms with Gasteiger partial charge in [-0.15, -0.1) is 12.6 Å². The monoisotopic (exact) mass is 313 g/mol. The normalized spacial score (nSPS) is 9.90. The summed E-state index contributed by atoms with van der Waals surface area (Å²) in [7, 11) is 0. The Morgan fingerprint density at radius 2 is 1.65 bits per heavy atom. The molecule has 0 fully saturated rings. The number of rotatable bonds is 9. The second-order valence-electron chi connectivity index (χ2n) is 4.96. The smallest absolute Gasteiger partial charge is 0.135 e. The van der Waals surface area contributed by atoms with Crippen molar-refractivity contribution in [3.63, 3.8) is 0 Å². The number of anilines is 1. The highest BCUT2D eigenvalue weighted by molar-refractivity contribution is 8.11. The highest BCUT2D eigenvalue weighted by atomic mass is 32.1. The van der Waals surface area contributed by atoms with Crippen LogP contribution in [0.2, 0.25) is 0 Å². The average Bonchev–Trinajstić information content (AvgIpc) is 2.39. The minimum atomic E-state index is 0. The molecule has 0 aliphatic carbocycles. The molecule has 114 valence electrons. The Bertz CT molecular complexity index is 382. The van der Waals surface area contributed by atoms with Crippen molar-refractivity contribution in [1.29, 1.82) is 0 Å². The molecule has 0 amide bonds. The molecule has 0 heterocycles. The number of hydrogen-bond donors (Lipinski definition) is 2. The van der Waals surface area contributed by atoms with Gasteiger partial charge >= 0.3 is 0 Å². The number of hydrogen-bond acceptors (Lipinski definition) is 1. The number of unbranched alkanes of at least 4 members (excludes halogenated alkanes) is 6. The summed E-state index contributed by atoms with van der Waals surface area (Å²) in [5.74, 6) is 0. The highest BCUT2D eigenvalue weighted by Gasteiger charge is 2.02. The van der Waals surface area contributed by atoms with Crippen LogP contribution in [0, 0.1) is 0 Å². The van der Waals surface area contributed by atoms with Crippen LogP contribution in [0.5, 0.6) is 0 Å². The molecular formula is C16H27NOS2. The summed E-state index contributed by atoms with van der Waals surface area (Å²) in [4.78, 5) is 0. The Morgan fingerprint density at radius 1 is 1.05 bits per heavy atom. The Labute approximate surface area is 134 Å². The lowest BCUT2D eigenvalue weighted by atomic mass is 10.0. The lowest BCUT2D eigenvalue weighted by Crippen LogP contribution is -2.04. The van der Waals surface area contributed by atoms with Crippen molar-refractivity contribution < 1.29 is 5.48 Å². The molecule has 0 saturated carbocycles. The van der Waals surface area contributed by atoms with Crippen LogP contribution in [0.15, 0.2) is 24.3 Å². The van der Waals surface area contributed by atoms with E-state index in [-0.39, 0.29) is 5.48 Å². The van der Waals surface area contributed by atoms with Gasteiger partial charge in [0, 0.05) is 5.69 Å². The molecule has 2 nitrogen and oxygen atoms in total. The van der Waals surface area contributed by atoms with Crippen molar-refractivity contribution in [1.82, 2.24) is 0 Å². The second kappa shape index (κ2) is 12.2. The number of thiocarbonyl (C=S) groups is 1. The number of thiol groups is 1. The van der Waals surface area contributed by atoms with Gasteiger partial charge in [0.05, 0.1) is 0 Å². The van der Waals surface area contributed by atoms with E-state index >= 15 is 0 Å². The van der Waals surface area contributed by atoms with Crippen LogP contribution in [0.3, 0.4) is 0 Å². The van der Waals surface area contributed by atoms with Crippen molar-refractivity contribution in [3.05, 3.63) is 29.8 Å². The van der Waals surface area contributed by atoms with Crippen molar-refractivity contribution in [3.8, 4) is 0 Å². The molecule has 0 unspecified atom stereocenters. The van der Waals surface area contributed by atoms with Crippen molar-refractivity contribution >= 4 is 34.9 Å². The van der Waals surface area contributed by atoms with Gasteiger partial charge in [-0.1, -0.05) is 75.9 Å². The quantitative estimate of drug-likeness (QED) is 0.391. The SMILES string of the molecule is CCCCCCCCCc1ccccc1NC(=S)S.O. The third-order valence-electron chi connectivity index (χ3n) is 3.31. The molecule has 1 aromatic carbocycles. The predicted molar refractivity (Wildman–Crippen MR) is 97.0 cm³/mol. The molecule has 0 aromatic heterocycles. The summed E-state index contributed by atoms with van der Waals surface area (Å²) >= 11 is 9.12. The molecule has 3 N–H and O–H groups in total. The zero-order valence-corrected chi connectivity index (χ0v) is 14.0. The molecule has 1 rings (SSSR count). The van der Waals surface area contributed by atoms with Gasteiger partial charge in [-0.2, -0.15) is 0 Å². The van der Waals surface area contributed by atoms with E-state index in [1.165, 1.54) is 50.5 Å². The van der Waals surface area contributed by atoms with E-state index in [4.69, 9.17) is 12.2 Å². The molecule has 20 heavy (non-hydrogen) atoms. The first-order valence-electron chi connectivity index (χ1n) is 7.32. The molecule has 0 aliphatic rings. The standard InChI is InChI=1S/C16H25NS2.H2O/c1-2-3-4-5-6-7-8-11-14-12-9-10-13-15(14)17-16(18)19;/h9-10,12-13H,2-8,11H2,1H3,(H2,17,18,19);1H2. The Morgan fingerprint density at radius 3 is 2.30 bits per heavy atom. The minimum Gasteiger partial charge on any atom is -0.412 e. The summed E-state index contributed by atoms with van der Waals surface area (Å²) in [5.41, 5.74) is 2.45. The van der Waals surface area contributed by atoms with Gasteiger partial charge in [-0.3, -0.25) is 0 Å². The highest BCUT2D eigenvalue weighted by Crippen LogP contribution is 2.19. The van der Waals surface area contributed by atoms with Crippen LogP contribution in [-0.2, 0) is 6.42 Å². The zero-order valence-electron chi connectivity index (χ0n) is 12.3. The van der Waals surface area contributed by atoms with Gasteiger partial charge < -0.3 is 10.8 Å². The van der Waals surface area contributed by atoms with Crippen LogP contribution in [-0.4, -0.2) is 9.80 Å². The second-order valence-corrected chi connectivity index (χ2v) is 6.12. The summed E-state index contributed by atoms with van der Waals surface area (Å²) in [6, 6.07) is 8.36. The molecule has 0 bridgehead atoms. The van der Waals surface area contributed by atoms with Crippen molar-refractivity contribution in [2.45, 2.75) is 58.3 Å². The lowest BCUT2D eigenvalue weighted by molar-refractivity contribution is 0.589. The van der Waals surface area contributed by atoms with Crippen LogP contribution >= 0.6 is 24.8 Å². The summed E-state index contributed by atoms with van der Waals surface area (Å²) < 4.78 is 0.534. The van der Waals surface area contributed by atoms with Gasteiger partial charge in [0.25, 0.3) is 0 Å². The zero-order chi connectivity index (χ0) is 13.9. The van der Waals surface area contributed by atoms with Crippen LogP contribution in [0.25, 0.3) is 0 Å². The third-order valence-corrected chi connectivity index (χ3v) is 3.52. The topological polar surface area (TPSA) is 43.5 Å². The molecule has 0 spiro atoms. The maximum absolute atomic E-state index is 4.98. The predicted octanol–water partition coefficient (Wildman–Crippen LogP) is 4.78. The molecular weight excluding hydrogens is 286 g/mol. The first kappa shape index (κ1) is 19.4. The number of benzene rings is 1. The summed E-state index contributed by atoms with van der Waals surface area (Å²) in [6.45, 7) is 2.26. The van der Waals surface area contributed by atoms with Crippen molar-refractivity contribution in [2.75, 3.05) is 5.32 Å². The molecule has 1 aromatic rings. The van der Waals surface area contributed by atoms with Crippen LogP contribution in [0.4, 0.5) is 5.69 Å². The first-order chi connectivity index (χ1) is 9.24. The average molecular weight is 314 g/mol. The van der Waals surface area contributed by atoms with Gasteiger partial charge in [0.2, 0.25) is 0 Å². The van der Waals surface area contributed by atoms with E-state index in [0.29, 0.717) is 4.32 Å². The lowest BCUT2D eigenvalue weighted by Gasteiger charge is -2.10. The number of nitrogens with one attached hydrogen (secondary N) is 1. The van der Waals surface area contributed by atoms with Gasteiger partial charge in [-0.25, -0.2) is 0 Å². The van der Waals surface area contributed by atoms with E-state index in [9.17, 15) is 0 Å². The van der Waals surface area contributed by atoms with Gasteiger partial charge in [-0.05, 0) is 24.5 Å². The fourth-order valence-electron chi connectivity index (χ4n) is 2.25. The Hall–Kier alpha value is -0.580.